The van der Waals surface area contributed by atoms with Crippen molar-refractivity contribution >= 4 is 25.8 Å². The van der Waals surface area contributed by atoms with E-state index in [0.717, 1.165) is 0 Å². The molecule has 1 aliphatic rings. The van der Waals surface area contributed by atoms with Crippen molar-refractivity contribution < 1.29 is 17.9 Å². The van der Waals surface area contributed by atoms with Crippen LogP contribution in [0.2, 0.25) is 0 Å². The molecule has 1 heterocycles. The number of rotatable bonds is 3. The monoisotopic (exact) mass is 336 g/mol. The van der Waals surface area contributed by atoms with Gasteiger partial charge < -0.3 is 5.11 Å². The van der Waals surface area contributed by atoms with Crippen molar-refractivity contribution in [2.45, 2.75) is 18.9 Å². The Morgan fingerprint density at radius 2 is 2.22 bits per heavy atom. The lowest BCUT2D eigenvalue weighted by Gasteiger charge is -2.15. The number of aliphatic hydroxyl groups is 1. The summed E-state index contributed by atoms with van der Waals surface area (Å²) in [4.78, 5) is 0. The van der Waals surface area contributed by atoms with Gasteiger partial charge in [0.1, 0.15) is 5.82 Å². The number of halogens is 2. The first-order valence-electron chi connectivity index (χ1n) is 5.71. The minimum Gasteiger partial charge on any atom is -0.388 e. The fraction of sp³-hybridized carbons (Fsp3) is 0.500. The first-order valence-corrected chi connectivity index (χ1v) is 8.32. The summed E-state index contributed by atoms with van der Waals surface area (Å²) in [5.41, 5.74) is 0.216. The smallest absolute Gasteiger partial charge is 0.150 e. The molecule has 3 nitrogen and oxygen atoms in total. The highest BCUT2D eigenvalue weighted by atomic mass is 79.9. The van der Waals surface area contributed by atoms with E-state index in [1.54, 1.807) is 6.07 Å². The van der Waals surface area contributed by atoms with E-state index in [1.165, 1.54) is 12.1 Å². The van der Waals surface area contributed by atoms with Crippen molar-refractivity contribution in [3.63, 3.8) is 0 Å². The Morgan fingerprint density at radius 1 is 1.50 bits per heavy atom. The van der Waals surface area contributed by atoms with Gasteiger partial charge in [-0.15, -0.1) is 0 Å². The summed E-state index contributed by atoms with van der Waals surface area (Å²) >= 11 is 3.22. The maximum Gasteiger partial charge on any atom is 0.150 e. The third-order valence-corrected chi connectivity index (χ3v) is 5.53. The largest absolute Gasteiger partial charge is 0.388 e. The molecule has 1 saturated heterocycles. The van der Waals surface area contributed by atoms with E-state index < -0.39 is 21.8 Å². The molecule has 2 rings (SSSR count). The first kappa shape index (κ1) is 14.0. The van der Waals surface area contributed by atoms with E-state index >= 15 is 0 Å². The SMILES string of the molecule is O=S1(=O)CCC(CC(O)c2cc(Br)ccc2F)C1. The predicted octanol–water partition coefficient (Wildman–Crippen LogP) is 2.45. The molecule has 1 N–H and O–H groups in total. The molecule has 0 spiro atoms. The van der Waals surface area contributed by atoms with Gasteiger partial charge in [-0.2, -0.15) is 0 Å². The Kier molecular flexibility index (Phi) is 4.08. The van der Waals surface area contributed by atoms with Gasteiger partial charge in [0.2, 0.25) is 0 Å². The Bertz CT molecular complexity index is 544. The molecular formula is C12H14BrFO3S. The fourth-order valence-corrected chi connectivity index (χ4v) is 4.53. The zero-order valence-corrected chi connectivity index (χ0v) is 12.0. The fourth-order valence-electron chi connectivity index (χ4n) is 2.27. The summed E-state index contributed by atoms with van der Waals surface area (Å²) in [5.74, 6) is -0.277. The van der Waals surface area contributed by atoms with Crippen molar-refractivity contribution in [1.29, 1.82) is 0 Å². The van der Waals surface area contributed by atoms with Gasteiger partial charge in [0.05, 0.1) is 17.6 Å². The van der Waals surface area contributed by atoms with Gasteiger partial charge in [-0.05, 0) is 37.0 Å². The molecule has 0 radical (unpaired) electrons. The number of aliphatic hydroxyl groups excluding tert-OH is 1. The van der Waals surface area contributed by atoms with Crippen LogP contribution in [0.1, 0.15) is 24.5 Å². The lowest BCUT2D eigenvalue weighted by Crippen LogP contribution is -2.10. The Morgan fingerprint density at radius 3 is 2.83 bits per heavy atom. The summed E-state index contributed by atoms with van der Waals surface area (Å²) < 4.78 is 36.9. The molecule has 2 unspecified atom stereocenters. The average molecular weight is 337 g/mol. The van der Waals surface area contributed by atoms with Gasteiger partial charge in [0.15, 0.2) is 9.84 Å². The van der Waals surface area contributed by atoms with Crippen molar-refractivity contribution in [1.82, 2.24) is 0 Å². The minimum atomic E-state index is -2.96. The van der Waals surface area contributed by atoms with Crippen molar-refractivity contribution in [2.24, 2.45) is 5.92 Å². The second-order valence-electron chi connectivity index (χ2n) is 4.69. The van der Waals surface area contributed by atoms with Gasteiger partial charge in [-0.3, -0.25) is 0 Å². The molecule has 0 amide bonds. The number of hydrogen-bond donors (Lipinski definition) is 1. The van der Waals surface area contributed by atoms with Crippen LogP contribution in [-0.2, 0) is 9.84 Å². The zero-order chi connectivity index (χ0) is 13.3. The van der Waals surface area contributed by atoms with Crippen LogP contribution in [0.15, 0.2) is 22.7 Å². The molecule has 18 heavy (non-hydrogen) atoms. The molecule has 0 aliphatic carbocycles. The van der Waals surface area contributed by atoms with E-state index in [1.807, 2.05) is 0 Å². The number of hydrogen-bond acceptors (Lipinski definition) is 3. The highest BCUT2D eigenvalue weighted by molar-refractivity contribution is 9.10. The van der Waals surface area contributed by atoms with Crippen molar-refractivity contribution in [2.75, 3.05) is 11.5 Å². The molecular weight excluding hydrogens is 323 g/mol. The van der Waals surface area contributed by atoms with Crippen LogP contribution in [0, 0.1) is 11.7 Å². The quantitative estimate of drug-likeness (QED) is 0.922. The Hall–Kier alpha value is -0.460. The van der Waals surface area contributed by atoms with Gasteiger partial charge in [0.25, 0.3) is 0 Å². The van der Waals surface area contributed by atoms with Crippen LogP contribution in [-0.4, -0.2) is 25.0 Å². The van der Waals surface area contributed by atoms with E-state index in [4.69, 9.17) is 0 Å². The lowest BCUT2D eigenvalue weighted by molar-refractivity contribution is 0.144. The highest BCUT2D eigenvalue weighted by Gasteiger charge is 2.30. The third kappa shape index (κ3) is 3.30. The normalized spacial score (nSPS) is 24.1. The molecule has 1 fully saturated rings. The summed E-state index contributed by atoms with van der Waals surface area (Å²) in [5, 5.41) is 10.0. The molecule has 100 valence electrons. The Labute approximate surface area is 114 Å². The summed E-state index contributed by atoms with van der Waals surface area (Å²) in [6, 6.07) is 4.38. The molecule has 1 aliphatic heterocycles. The van der Waals surface area contributed by atoms with Gasteiger partial charge in [-0.25, -0.2) is 12.8 Å². The van der Waals surface area contributed by atoms with Crippen molar-refractivity contribution in [3.8, 4) is 0 Å². The maximum atomic E-state index is 13.5. The van der Waals surface area contributed by atoms with Gasteiger partial charge in [0, 0.05) is 10.0 Å². The van der Waals surface area contributed by atoms with Crippen molar-refractivity contribution in [3.05, 3.63) is 34.1 Å². The molecule has 6 heteroatoms. The van der Waals surface area contributed by atoms with Crippen LogP contribution in [0.3, 0.4) is 0 Å². The summed E-state index contributed by atoms with van der Waals surface area (Å²) in [7, 11) is -2.96. The Balaban J connectivity index is 2.08. The number of benzene rings is 1. The van der Waals surface area contributed by atoms with Crippen LogP contribution in [0.5, 0.6) is 0 Å². The van der Waals surface area contributed by atoms with E-state index in [9.17, 15) is 17.9 Å². The molecule has 0 saturated carbocycles. The number of sulfone groups is 1. The first-order chi connectivity index (χ1) is 8.37. The molecule has 0 bridgehead atoms. The highest BCUT2D eigenvalue weighted by Crippen LogP contribution is 2.31. The summed E-state index contributed by atoms with van der Waals surface area (Å²) in [6.07, 6.45) is -0.123. The minimum absolute atomic E-state index is 0.0802. The van der Waals surface area contributed by atoms with Crippen LogP contribution >= 0.6 is 15.9 Å². The molecule has 0 aromatic heterocycles. The van der Waals surface area contributed by atoms with E-state index in [-0.39, 0.29) is 29.4 Å². The van der Waals surface area contributed by atoms with Gasteiger partial charge >= 0.3 is 0 Å². The van der Waals surface area contributed by atoms with E-state index in [0.29, 0.717) is 10.9 Å². The van der Waals surface area contributed by atoms with Gasteiger partial charge in [-0.1, -0.05) is 15.9 Å². The van der Waals surface area contributed by atoms with Crippen LogP contribution < -0.4 is 0 Å². The van der Waals surface area contributed by atoms with Crippen LogP contribution in [0.4, 0.5) is 4.39 Å². The third-order valence-electron chi connectivity index (χ3n) is 3.20. The standard InChI is InChI=1S/C12H14BrFO3S/c13-9-1-2-11(14)10(6-9)12(15)5-8-3-4-18(16,17)7-8/h1-2,6,8,12,15H,3-5,7H2. The lowest BCUT2D eigenvalue weighted by atomic mass is 9.96. The average Bonchev–Trinajstić information content (AvgIpc) is 2.61. The van der Waals surface area contributed by atoms with Crippen LogP contribution in [0.25, 0.3) is 0 Å². The molecule has 1 aromatic carbocycles. The molecule has 2 atom stereocenters. The maximum absolute atomic E-state index is 13.5. The topological polar surface area (TPSA) is 54.4 Å². The molecule has 1 aromatic rings. The second-order valence-corrected chi connectivity index (χ2v) is 7.83. The van der Waals surface area contributed by atoms with E-state index in [2.05, 4.69) is 15.9 Å². The predicted molar refractivity (Wildman–Crippen MR) is 70.4 cm³/mol. The second kappa shape index (κ2) is 5.27. The zero-order valence-electron chi connectivity index (χ0n) is 9.64. The summed E-state index contributed by atoms with van der Waals surface area (Å²) in [6.45, 7) is 0.